The van der Waals surface area contributed by atoms with E-state index in [1.165, 1.54) is 55.2 Å². The Morgan fingerprint density at radius 1 is 1.35 bits per heavy atom. The Morgan fingerprint density at radius 2 is 2.35 bits per heavy atom. The molecule has 0 amide bonds. The summed E-state index contributed by atoms with van der Waals surface area (Å²) in [6.45, 7) is 2.38. The third-order valence-corrected chi connectivity index (χ3v) is 4.32. The van der Waals surface area contributed by atoms with Crippen molar-refractivity contribution in [3.8, 4) is 0 Å². The molecule has 2 heteroatoms. The molecular weight excluding hydrogens is 208 g/mol. The van der Waals surface area contributed by atoms with Gasteiger partial charge < -0.3 is 9.88 Å². The average molecular weight is 226 g/mol. The van der Waals surface area contributed by atoms with Gasteiger partial charge in [-0.3, -0.25) is 0 Å². The van der Waals surface area contributed by atoms with Crippen molar-refractivity contribution in [1.82, 2.24) is 9.88 Å². The zero-order chi connectivity index (χ0) is 11.2. The molecule has 3 heterocycles. The summed E-state index contributed by atoms with van der Waals surface area (Å²) < 4.78 is 2.45. The van der Waals surface area contributed by atoms with Crippen LogP contribution in [0.25, 0.3) is 10.9 Å². The molecule has 1 aromatic heterocycles. The van der Waals surface area contributed by atoms with Gasteiger partial charge in [-0.25, -0.2) is 0 Å². The first-order chi connectivity index (χ1) is 8.42. The molecule has 1 saturated heterocycles. The molecule has 2 aliphatic heterocycles. The molecule has 1 fully saturated rings. The van der Waals surface area contributed by atoms with Crippen molar-refractivity contribution in [2.75, 3.05) is 6.54 Å². The molecule has 0 radical (unpaired) electrons. The van der Waals surface area contributed by atoms with Crippen LogP contribution >= 0.6 is 0 Å². The summed E-state index contributed by atoms with van der Waals surface area (Å²) in [4.78, 5) is 0. The summed E-state index contributed by atoms with van der Waals surface area (Å²) >= 11 is 0. The van der Waals surface area contributed by atoms with Crippen LogP contribution in [0.15, 0.2) is 24.4 Å². The van der Waals surface area contributed by atoms with Crippen LogP contribution in [0.1, 0.15) is 24.0 Å². The first kappa shape index (κ1) is 9.72. The van der Waals surface area contributed by atoms with Gasteiger partial charge in [0.1, 0.15) is 0 Å². The van der Waals surface area contributed by atoms with Gasteiger partial charge in [-0.05, 0) is 43.4 Å². The van der Waals surface area contributed by atoms with Gasteiger partial charge in [0, 0.05) is 24.2 Å². The molecule has 1 atom stereocenters. The van der Waals surface area contributed by atoms with E-state index in [2.05, 4.69) is 34.3 Å². The van der Waals surface area contributed by atoms with E-state index in [0.29, 0.717) is 6.04 Å². The molecule has 1 unspecified atom stereocenters. The van der Waals surface area contributed by atoms with Crippen LogP contribution in [-0.2, 0) is 19.4 Å². The van der Waals surface area contributed by atoms with Crippen LogP contribution in [0, 0.1) is 0 Å². The quantitative estimate of drug-likeness (QED) is 0.832. The molecule has 2 aromatic rings. The van der Waals surface area contributed by atoms with E-state index in [1.54, 1.807) is 5.56 Å². The van der Waals surface area contributed by atoms with E-state index < -0.39 is 0 Å². The Balaban J connectivity index is 1.78. The molecule has 0 saturated carbocycles. The minimum Gasteiger partial charge on any atom is -0.347 e. The molecule has 2 nitrogen and oxygen atoms in total. The van der Waals surface area contributed by atoms with Gasteiger partial charge in [0.2, 0.25) is 0 Å². The number of para-hydroxylation sites is 1. The van der Waals surface area contributed by atoms with Gasteiger partial charge in [0.15, 0.2) is 0 Å². The highest BCUT2D eigenvalue weighted by Gasteiger charge is 2.20. The van der Waals surface area contributed by atoms with Gasteiger partial charge in [-0.2, -0.15) is 0 Å². The van der Waals surface area contributed by atoms with Crippen LogP contribution in [0.5, 0.6) is 0 Å². The SMILES string of the molecule is c1cc2c3c(c1)c(CC1CCCN1)cn3CC2. The molecule has 0 bridgehead atoms. The predicted octanol–water partition coefficient (Wildman–Crippen LogP) is 2.49. The van der Waals surface area contributed by atoms with Crippen molar-refractivity contribution >= 4 is 10.9 Å². The summed E-state index contributed by atoms with van der Waals surface area (Å²) in [6.07, 6.45) is 7.49. The minimum atomic E-state index is 0.706. The number of aromatic nitrogens is 1. The van der Waals surface area contributed by atoms with Gasteiger partial charge >= 0.3 is 0 Å². The smallest absolute Gasteiger partial charge is 0.0516 e. The minimum absolute atomic E-state index is 0.706. The number of benzene rings is 1. The van der Waals surface area contributed by atoms with Crippen molar-refractivity contribution in [3.05, 3.63) is 35.5 Å². The Labute approximate surface area is 102 Å². The summed E-state index contributed by atoms with van der Waals surface area (Å²) in [5.74, 6) is 0. The standard InChI is InChI=1S/C15H18N2/c1-3-11-6-8-17-10-12(14(5-1)15(11)17)9-13-4-2-7-16-13/h1,3,5,10,13,16H,2,4,6-9H2. The van der Waals surface area contributed by atoms with Crippen molar-refractivity contribution in [1.29, 1.82) is 0 Å². The highest BCUT2D eigenvalue weighted by Crippen LogP contribution is 2.31. The fourth-order valence-corrected chi connectivity index (χ4v) is 3.49. The Morgan fingerprint density at radius 3 is 3.24 bits per heavy atom. The second-order valence-electron chi connectivity index (χ2n) is 5.41. The molecule has 0 aliphatic carbocycles. The number of nitrogens with zero attached hydrogens (tertiary/aromatic N) is 1. The molecule has 1 aromatic carbocycles. The van der Waals surface area contributed by atoms with E-state index in [-0.39, 0.29) is 0 Å². The summed E-state index contributed by atoms with van der Waals surface area (Å²) in [6, 6.07) is 7.50. The van der Waals surface area contributed by atoms with E-state index in [0.717, 1.165) is 0 Å². The summed E-state index contributed by atoms with van der Waals surface area (Å²) in [7, 11) is 0. The number of nitrogens with one attached hydrogen (secondary N) is 1. The monoisotopic (exact) mass is 226 g/mol. The van der Waals surface area contributed by atoms with Gasteiger partial charge in [0.05, 0.1) is 5.52 Å². The lowest BCUT2D eigenvalue weighted by atomic mass is 10.0. The fraction of sp³-hybridized carbons (Fsp3) is 0.467. The maximum Gasteiger partial charge on any atom is 0.0516 e. The highest BCUT2D eigenvalue weighted by molar-refractivity contribution is 5.88. The third-order valence-electron chi connectivity index (χ3n) is 4.32. The number of aryl methyl sites for hydroxylation is 2. The average Bonchev–Trinajstić information content (AvgIpc) is 3.04. The lowest BCUT2D eigenvalue weighted by Crippen LogP contribution is -2.23. The summed E-state index contributed by atoms with van der Waals surface area (Å²) in [5, 5.41) is 5.10. The van der Waals surface area contributed by atoms with Crippen molar-refractivity contribution in [2.45, 2.75) is 38.3 Å². The molecule has 17 heavy (non-hydrogen) atoms. The largest absolute Gasteiger partial charge is 0.347 e. The molecule has 1 N–H and O–H groups in total. The van der Waals surface area contributed by atoms with E-state index in [1.807, 2.05) is 0 Å². The van der Waals surface area contributed by atoms with Gasteiger partial charge in [-0.1, -0.05) is 18.2 Å². The van der Waals surface area contributed by atoms with Crippen molar-refractivity contribution < 1.29 is 0 Å². The Kier molecular flexibility index (Phi) is 2.06. The molecule has 0 spiro atoms. The zero-order valence-electron chi connectivity index (χ0n) is 10.1. The number of hydrogen-bond donors (Lipinski definition) is 1. The second kappa shape index (κ2) is 3.61. The maximum atomic E-state index is 3.60. The van der Waals surface area contributed by atoms with Gasteiger partial charge in [-0.15, -0.1) is 0 Å². The fourth-order valence-electron chi connectivity index (χ4n) is 3.49. The lowest BCUT2D eigenvalue weighted by Gasteiger charge is -2.09. The van der Waals surface area contributed by atoms with Crippen molar-refractivity contribution in [3.63, 3.8) is 0 Å². The first-order valence-corrected chi connectivity index (χ1v) is 6.75. The summed E-state index contributed by atoms with van der Waals surface area (Å²) in [5.41, 5.74) is 4.58. The van der Waals surface area contributed by atoms with Crippen LogP contribution in [0.4, 0.5) is 0 Å². The molecule has 4 rings (SSSR count). The molecular formula is C15H18N2. The van der Waals surface area contributed by atoms with Crippen LogP contribution in [0.3, 0.4) is 0 Å². The highest BCUT2D eigenvalue weighted by atomic mass is 15.0. The molecule has 2 aliphatic rings. The predicted molar refractivity (Wildman–Crippen MR) is 70.4 cm³/mol. The van der Waals surface area contributed by atoms with E-state index in [4.69, 9.17) is 0 Å². The topological polar surface area (TPSA) is 17.0 Å². The van der Waals surface area contributed by atoms with Gasteiger partial charge in [0.25, 0.3) is 0 Å². The Bertz CT molecular complexity index is 562. The number of rotatable bonds is 2. The van der Waals surface area contributed by atoms with Crippen LogP contribution < -0.4 is 5.32 Å². The lowest BCUT2D eigenvalue weighted by molar-refractivity contribution is 0.603. The van der Waals surface area contributed by atoms with Crippen molar-refractivity contribution in [2.24, 2.45) is 0 Å². The van der Waals surface area contributed by atoms with Crippen LogP contribution in [0.2, 0.25) is 0 Å². The zero-order valence-corrected chi connectivity index (χ0v) is 10.1. The first-order valence-electron chi connectivity index (χ1n) is 6.75. The number of hydrogen-bond acceptors (Lipinski definition) is 1. The normalized spacial score (nSPS) is 22.7. The molecule has 88 valence electrons. The van der Waals surface area contributed by atoms with E-state index in [9.17, 15) is 0 Å². The van der Waals surface area contributed by atoms with Crippen LogP contribution in [-0.4, -0.2) is 17.2 Å². The third kappa shape index (κ3) is 1.44. The second-order valence-corrected chi connectivity index (χ2v) is 5.41. The Hall–Kier alpha value is -1.28. The van der Waals surface area contributed by atoms with E-state index >= 15 is 0 Å². The maximum absolute atomic E-state index is 3.60.